The average Bonchev–Trinajstić information content (AvgIpc) is 2.72. The number of hydrogen-bond donors (Lipinski definition) is 2. The zero-order valence-electron chi connectivity index (χ0n) is 17.7. The number of piperidine rings is 1. The lowest BCUT2D eigenvalue weighted by atomic mass is 9.95. The summed E-state index contributed by atoms with van der Waals surface area (Å²) in [5, 5.41) is 5.69. The number of benzene rings is 1. The molecule has 30 heavy (non-hydrogen) atoms. The van der Waals surface area contributed by atoms with Crippen molar-refractivity contribution in [1.29, 1.82) is 0 Å². The Morgan fingerprint density at radius 2 is 1.83 bits per heavy atom. The molecule has 8 nitrogen and oxygen atoms in total. The van der Waals surface area contributed by atoms with E-state index in [0.29, 0.717) is 5.69 Å². The van der Waals surface area contributed by atoms with E-state index in [2.05, 4.69) is 25.5 Å². The predicted molar refractivity (Wildman–Crippen MR) is 115 cm³/mol. The standard InChI is InChI=1S/C22H29N5O3/c1-22(2,3)30-21(29)23-14-18-13-19(25-15-24-18)27-11-9-16(10-12-27)20(28)26-17-7-5-4-6-8-17/h4-8,13,15-16H,9-12,14H2,1-3H3,(H,23,29)(H,26,28). The van der Waals surface area contributed by atoms with Gasteiger partial charge in [0, 0.05) is 30.8 Å². The maximum atomic E-state index is 12.5. The van der Waals surface area contributed by atoms with E-state index >= 15 is 0 Å². The van der Waals surface area contributed by atoms with Gasteiger partial charge < -0.3 is 20.3 Å². The molecule has 0 spiro atoms. The number of hydrogen-bond acceptors (Lipinski definition) is 6. The van der Waals surface area contributed by atoms with Crippen molar-refractivity contribution in [2.75, 3.05) is 23.3 Å². The molecule has 1 aliphatic rings. The molecule has 2 aromatic rings. The lowest BCUT2D eigenvalue weighted by Gasteiger charge is -2.32. The van der Waals surface area contributed by atoms with Gasteiger partial charge in [0.1, 0.15) is 17.7 Å². The van der Waals surface area contributed by atoms with Crippen LogP contribution in [0, 0.1) is 5.92 Å². The fraction of sp³-hybridized carbons (Fsp3) is 0.455. The second kappa shape index (κ2) is 9.56. The molecule has 1 aromatic heterocycles. The Labute approximate surface area is 177 Å². The minimum absolute atomic E-state index is 0.0170. The van der Waals surface area contributed by atoms with Crippen molar-refractivity contribution < 1.29 is 14.3 Å². The monoisotopic (exact) mass is 411 g/mol. The van der Waals surface area contributed by atoms with Crippen LogP contribution in [0.5, 0.6) is 0 Å². The third kappa shape index (κ3) is 6.43. The highest BCUT2D eigenvalue weighted by atomic mass is 16.6. The normalized spacial score (nSPS) is 14.8. The molecule has 0 bridgehead atoms. The van der Waals surface area contributed by atoms with Gasteiger partial charge in [-0.3, -0.25) is 4.79 Å². The number of alkyl carbamates (subject to hydrolysis) is 1. The van der Waals surface area contributed by atoms with E-state index in [0.717, 1.165) is 37.4 Å². The largest absolute Gasteiger partial charge is 0.444 e. The zero-order chi connectivity index (χ0) is 21.6. The van der Waals surface area contributed by atoms with Gasteiger partial charge >= 0.3 is 6.09 Å². The first-order valence-electron chi connectivity index (χ1n) is 10.2. The van der Waals surface area contributed by atoms with Gasteiger partial charge in [0.15, 0.2) is 0 Å². The molecule has 3 rings (SSSR count). The third-order valence-electron chi connectivity index (χ3n) is 4.75. The van der Waals surface area contributed by atoms with Crippen molar-refractivity contribution in [3.63, 3.8) is 0 Å². The van der Waals surface area contributed by atoms with Crippen molar-refractivity contribution in [2.24, 2.45) is 5.92 Å². The van der Waals surface area contributed by atoms with Gasteiger partial charge in [0.05, 0.1) is 12.2 Å². The molecule has 2 amide bonds. The van der Waals surface area contributed by atoms with E-state index in [-0.39, 0.29) is 18.4 Å². The smallest absolute Gasteiger partial charge is 0.407 e. The zero-order valence-corrected chi connectivity index (χ0v) is 17.7. The van der Waals surface area contributed by atoms with Crippen LogP contribution in [0.25, 0.3) is 0 Å². The number of para-hydroxylation sites is 1. The number of aromatic nitrogens is 2. The van der Waals surface area contributed by atoms with Crippen molar-refractivity contribution in [2.45, 2.75) is 45.8 Å². The molecule has 1 fully saturated rings. The molecule has 0 atom stereocenters. The van der Waals surface area contributed by atoms with Crippen LogP contribution in [0.15, 0.2) is 42.7 Å². The Balaban J connectivity index is 1.50. The van der Waals surface area contributed by atoms with E-state index < -0.39 is 11.7 Å². The van der Waals surface area contributed by atoms with Crippen LogP contribution in [0.1, 0.15) is 39.3 Å². The summed E-state index contributed by atoms with van der Waals surface area (Å²) in [5.74, 6) is 0.843. The fourth-order valence-corrected chi connectivity index (χ4v) is 3.27. The fourth-order valence-electron chi connectivity index (χ4n) is 3.27. The summed E-state index contributed by atoms with van der Waals surface area (Å²) >= 11 is 0. The van der Waals surface area contributed by atoms with E-state index in [1.807, 2.05) is 57.2 Å². The van der Waals surface area contributed by atoms with Crippen molar-refractivity contribution in [3.8, 4) is 0 Å². The highest BCUT2D eigenvalue weighted by Crippen LogP contribution is 2.23. The lowest BCUT2D eigenvalue weighted by Crippen LogP contribution is -2.38. The third-order valence-corrected chi connectivity index (χ3v) is 4.75. The first-order valence-corrected chi connectivity index (χ1v) is 10.2. The summed E-state index contributed by atoms with van der Waals surface area (Å²) in [7, 11) is 0. The number of amides is 2. The molecule has 1 saturated heterocycles. The molecule has 0 unspecified atom stereocenters. The molecule has 0 radical (unpaired) electrons. The Kier molecular flexibility index (Phi) is 6.87. The van der Waals surface area contributed by atoms with Crippen LogP contribution >= 0.6 is 0 Å². The van der Waals surface area contributed by atoms with Gasteiger partial charge in [0.25, 0.3) is 0 Å². The van der Waals surface area contributed by atoms with Gasteiger partial charge in [-0.25, -0.2) is 14.8 Å². The van der Waals surface area contributed by atoms with Crippen LogP contribution in [0.4, 0.5) is 16.3 Å². The summed E-state index contributed by atoms with van der Waals surface area (Å²) in [6.45, 7) is 7.20. The predicted octanol–water partition coefficient (Wildman–Crippen LogP) is 3.36. The van der Waals surface area contributed by atoms with E-state index in [4.69, 9.17) is 4.74 Å². The molecule has 2 N–H and O–H groups in total. The van der Waals surface area contributed by atoms with E-state index in [1.165, 1.54) is 6.33 Å². The first-order chi connectivity index (χ1) is 14.3. The molecule has 0 saturated carbocycles. The topological polar surface area (TPSA) is 96.5 Å². The van der Waals surface area contributed by atoms with Crippen molar-refractivity contribution in [1.82, 2.24) is 15.3 Å². The molecular weight excluding hydrogens is 382 g/mol. The lowest BCUT2D eigenvalue weighted by molar-refractivity contribution is -0.120. The van der Waals surface area contributed by atoms with E-state index in [9.17, 15) is 9.59 Å². The highest BCUT2D eigenvalue weighted by Gasteiger charge is 2.26. The second-order valence-corrected chi connectivity index (χ2v) is 8.34. The summed E-state index contributed by atoms with van der Waals surface area (Å²) in [4.78, 5) is 35.1. The van der Waals surface area contributed by atoms with Gasteiger partial charge in [-0.1, -0.05) is 18.2 Å². The maximum Gasteiger partial charge on any atom is 0.407 e. The summed E-state index contributed by atoms with van der Waals surface area (Å²) in [5.41, 5.74) is 0.982. The van der Waals surface area contributed by atoms with Crippen LogP contribution in [-0.2, 0) is 16.1 Å². The molecule has 1 aliphatic heterocycles. The van der Waals surface area contributed by atoms with Crippen LogP contribution < -0.4 is 15.5 Å². The van der Waals surface area contributed by atoms with Crippen LogP contribution in [0.3, 0.4) is 0 Å². The summed E-state index contributed by atoms with van der Waals surface area (Å²) in [6, 6.07) is 11.4. The van der Waals surface area contributed by atoms with Gasteiger partial charge in [-0.15, -0.1) is 0 Å². The Bertz CT molecular complexity index is 859. The van der Waals surface area contributed by atoms with Crippen LogP contribution in [0.2, 0.25) is 0 Å². The Morgan fingerprint density at radius 3 is 2.50 bits per heavy atom. The minimum Gasteiger partial charge on any atom is -0.444 e. The summed E-state index contributed by atoms with van der Waals surface area (Å²) < 4.78 is 5.24. The SMILES string of the molecule is CC(C)(C)OC(=O)NCc1cc(N2CCC(C(=O)Nc3ccccc3)CC2)ncn1. The quantitative estimate of drug-likeness (QED) is 0.783. The van der Waals surface area contributed by atoms with Gasteiger partial charge in [-0.05, 0) is 45.7 Å². The second-order valence-electron chi connectivity index (χ2n) is 8.34. The molecule has 2 heterocycles. The highest BCUT2D eigenvalue weighted by molar-refractivity contribution is 5.92. The average molecular weight is 412 g/mol. The molecule has 1 aromatic carbocycles. The van der Waals surface area contributed by atoms with Crippen LogP contribution in [-0.4, -0.2) is 40.7 Å². The minimum atomic E-state index is -0.544. The number of nitrogens with one attached hydrogen (secondary N) is 2. The number of anilines is 2. The van der Waals surface area contributed by atoms with Crippen molar-refractivity contribution in [3.05, 3.63) is 48.4 Å². The maximum absolute atomic E-state index is 12.5. The van der Waals surface area contributed by atoms with Gasteiger partial charge in [-0.2, -0.15) is 0 Å². The van der Waals surface area contributed by atoms with Gasteiger partial charge in [0.2, 0.25) is 5.91 Å². The Hall–Kier alpha value is -3.16. The Morgan fingerprint density at radius 1 is 1.13 bits per heavy atom. The molecule has 0 aliphatic carbocycles. The number of rotatable bonds is 5. The first kappa shape index (κ1) is 21.5. The van der Waals surface area contributed by atoms with Crippen molar-refractivity contribution >= 4 is 23.5 Å². The number of ether oxygens (including phenoxy) is 1. The van der Waals surface area contributed by atoms with E-state index in [1.54, 1.807) is 0 Å². The molecule has 8 heteroatoms. The summed E-state index contributed by atoms with van der Waals surface area (Å²) in [6.07, 6.45) is 2.53. The molecule has 160 valence electrons. The number of nitrogens with zero attached hydrogens (tertiary/aromatic N) is 3. The number of carbonyl (C=O) groups is 2. The molecular formula is C22H29N5O3. The number of carbonyl (C=O) groups excluding carboxylic acids is 2.